The summed E-state index contributed by atoms with van der Waals surface area (Å²) < 4.78 is 27.1. The van der Waals surface area contributed by atoms with Crippen LogP contribution in [0.15, 0.2) is 23.2 Å². The molecule has 0 saturated carbocycles. The van der Waals surface area contributed by atoms with Gasteiger partial charge in [0.25, 0.3) is 0 Å². The Bertz CT molecular complexity index is 500. The first-order chi connectivity index (χ1) is 8.86. The zero-order chi connectivity index (χ0) is 14.5. The lowest BCUT2D eigenvalue weighted by molar-refractivity contribution is 0.476. The van der Waals surface area contributed by atoms with Crippen molar-refractivity contribution in [3.63, 3.8) is 0 Å². The summed E-state index contributed by atoms with van der Waals surface area (Å²) in [5.74, 6) is 0.830. The van der Waals surface area contributed by atoms with Crippen LogP contribution in [0.25, 0.3) is 0 Å². The highest BCUT2D eigenvalue weighted by atomic mass is 32.2. The van der Waals surface area contributed by atoms with Gasteiger partial charge in [-0.3, -0.25) is 0 Å². The zero-order valence-corrected chi connectivity index (χ0v) is 12.8. The van der Waals surface area contributed by atoms with E-state index in [1.54, 1.807) is 6.07 Å². The predicted molar refractivity (Wildman–Crippen MR) is 77.6 cm³/mol. The molecule has 1 aromatic rings. The van der Waals surface area contributed by atoms with Gasteiger partial charge in [0.15, 0.2) is 0 Å². The fourth-order valence-electron chi connectivity index (χ4n) is 1.38. The van der Waals surface area contributed by atoms with Crippen molar-refractivity contribution in [2.45, 2.75) is 45.1 Å². The third-order valence-corrected chi connectivity index (χ3v) is 4.50. The third-order valence-electron chi connectivity index (χ3n) is 2.94. The molecule has 1 aromatic heterocycles. The Hall–Kier alpha value is -1.14. The van der Waals surface area contributed by atoms with Crippen LogP contribution in [0.5, 0.6) is 0 Å². The summed E-state index contributed by atoms with van der Waals surface area (Å²) >= 11 is 0. The fraction of sp³-hybridized carbons (Fsp3) is 0.615. The number of hydrogen-bond donors (Lipinski definition) is 2. The lowest BCUT2D eigenvalue weighted by atomic mass is 10.1. The van der Waals surface area contributed by atoms with E-state index in [0.717, 1.165) is 13.0 Å². The maximum Gasteiger partial charge on any atom is 0.241 e. The average molecular weight is 285 g/mol. The minimum Gasteiger partial charge on any atom is -0.370 e. The van der Waals surface area contributed by atoms with Crippen molar-refractivity contribution >= 4 is 15.8 Å². The number of nitrogens with one attached hydrogen (secondary N) is 2. The van der Waals surface area contributed by atoms with Gasteiger partial charge < -0.3 is 5.32 Å². The summed E-state index contributed by atoms with van der Waals surface area (Å²) in [5.41, 5.74) is 0. The molecule has 0 bridgehead atoms. The zero-order valence-electron chi connectivity index (χ0n) is 12.0. The molecule has 0 saturated heterocycles. The Morgan fingerprint density at radius 3 is 2.58 bits per heavy atom. The molecule has 1 unspecified atom stereocenters. The number of nitrogens with zero attached hydrogens (tertiary/aromatic N) is 1. The highest BCUT2D eigenvalue weighted by molar-refractivity contribution is 7.89. The van der Waals surface area contributed by atoms with Crippen molar-refractivity contribution in [2.24, 2.45) is 5.92 Å². The second-order valence-electron chi connectivity index (χ2n) is 4.96. The number of hydrogen-bond acceptors (Lipinski definition) is 4. The van der Waals surface area contributed by atoms with E-state index in [-0.39, 0.29) is 16.9 Å². The summed E-state index contributed by atoms with van der Waals surface area (Å²) in [6.45, 7) is 8.63. The van der Waals surface area contributed by atoms with Gasteiger partial charge in [0.05, 0.1) is 4.90 Å². The van der Waals surface area contributed by atoms with Crippen LogP contribution in [0.1, 0.15) is 34.1 Å². The molecule has 0 fully saturated rings. The average Bonchev–Trinajstić information content (AvgIpc) is 2.36. The van der Waals surface area contributed by atoms with Gasteiger partial charge in [0.1, 0.15) is 5.82 Å². The Morgan fingerprint density at radius 2 is 2.00 bits per heavy atom. The number of rotatable bonds is 7. The van der Waals surface area contributed by atoms with Gasteiger partial charge in [-0.05, 0) is 25.3 Å². The van der Waals surface area contributed by atoms with Crippen LogP contribution < -0.4 is 10.0 Å². The van der Waals surface area contributed by atoms with Crippen molar-refractivity contribution in [1.29, 1.82) is 0 Å². The van der Waals surface area contributed by atoms with Crippen molar-refractivity contribution in [3.05, 3.63) is 18.3 Å². The summed E-state index contributed by atoms with van der Waals surface area (Å²) in [6.07, 6.45) is 2.47. The molecule has 0 spiro atoms. The normalized spacial score (nSPS) is 13.5. The summed E-state index contributed by atoms with van der Waals surface area (Å²) in [5, 5.41) is 3.08. The summed E-state index contributed by atoms with van der Waals surface area (Å²) in [6, 6.07) is 2.96. The molecule has 1 rings (SSSR count). The van der Waals surface area contributed by atoms with E-state index in [2.05, 4.69) is 15.0 Å². The van der Waals surface area contributed by atoms with Gasteiger partial charge in [-0.2, -0.15) is 0 Å². The topological polar surface area (TPSA) is 71.1 Å². The quantitative estimate of drug-likeness (QED) is 0.806. The minimum absolute atomic E-state index is 0.106. The van der Waals surface area contributed by atoms with Crippen LogP contribution in [0.4, 0.5) is 5.82 Å². The number of anilines is 1. The molecule has 0 amide bonds. The molecule has 0 aliphatic heterocycles. The highest BCUT2D eigenvalue weighted by Gasteiger charge is 2.19. The molecular formula is C13H23N3O2S. The van der Waals surface area contributed by atoms with E-state index in [0.29, 0.717) is 5.82 Å². The van der Waals surface area contributed by atoms with E-state index >= 15 is 0 Å². The molecule has 1 atom stereocenters. The first kappa shape index (κ1) is 15.9. The van der Waals surface area contributed by atoms with Gasteiger partial charge in [-0.15, -0.1) is 0 Å². The van der Waals surface area contributed by atoms with Gasteiger partial charge in [-0.25, -0.2) is 18.1 Å². The fourth-order valence-corrected chi connectivity index (χ4v) is 2.78. The number of pyridine rings is 1. The molecule has 6 heteroatoms. The standard InChI is InChI=1S/C13H23N3O2S/c1-5-7-14-13-9-12(6-8-15-13)19(17,18)16-11(4)10(2)3/h6,8-11,16H,5,7H2,1-4H3,(H,14,15). The lowest BCUT2D eigenvalue weighted by Crippen LogP contribution is -2.36. The van der Waals surface area contributed by atoms with Crippen LogP contribution >= 0.6 is 0 Å². The second kappa shape index (κ2) is 6.86. The summed E-state index contributed by atoms with van der Waals surface area (Å²) in [4.78, 5) is 4.35. The Kier molecular flexibility index (Phi) is 5.75. The molecule has 1 heterocycles. The van der Waals surface area contributed by atoms with Gasteiger partial charge in [0, 0.05) is 24.8 Å². The maximum atomic E-state index is 12.2. The number of sulfonamides is 1. The van der Waals surface area contributed by atoms with Crippen LogP contribution in [0.3, 0.4) is 0 Å². The van der Waals surface area contributed by atoms with Gasteiger partial charge in [-0.1, -0.05) is 20.8 Å². The first-order valence-electron chi connectivity index (χ1n) is 6.59. The van der Waals surface area contributed by atoms with Gasteiger partial charge in [0.2, 0.25) is 10.0 Å². The van der Waals surface area contributed by atoms with Crippen molar-refractivity contribution in [2.75, 3.05) is 11.9 Å². The summed E-state index contributed by atoms with van der Waals surface area (Å²) in [7, 11) is -3.48. The van der Waals surface area contributed by atoms with E-state index in [1.165, 1.54) is 12.3 Å². The maximum absolute atomic E-state index is 12.2. The molecule has 0 aliphatic carbocycles. The van der Waals surface area contributed by atoms with Gasteiger partial charge >= 0.3 is 0 Å². The largest absolute Gasteiger partial charge is 0.370 e. The molecule has 0 aliphatic rings. The van der Waals surface area contributed by atoms with E-state index in [4.69, 9.17) is 0 Å². The minimum atomic E-state index is -3.48. The molecule has 0 aromatic carbocycles. The third kappa shape index (κ3) is 4.80. The highest BCUT2D eigenvalue weighted by Crippen LogP contribution is 2.14. The molecule has 0 radical (unpaired) electrons. The van der Waals surface area contributed by atoms with Crippen LogP contribution in [-0.4, -0.2) is 26.0 Å². The Labute approximate surface area is 115 Å². The smallest absolute Gasteiger partial charge is 0.241 e. The first-order valence-corrected chi connectivity index (χ1v) is 8.07. The van der Waals surface area contributed by atoms with Crippen molar-refractivity contribution in [1.82, 2.24) is 9.71 Å². The van der Waals surface area contributed by atoms with Crippen LogP contribution in [-0.2, 0) is 10.0 Å². The molecule has 5 nitrogen and oxygen atoms in total. The molecular weight excluding hydrogens is 262 g/mol. The molecule has 19 heavy (non-hydrogen) atoms. The van der Waals surface area contributed by atoms with Crippen molar-refractivity contribution < 1.29 is 8.42 Å². The predicted octanol–water partition coefficient (Wildman–Crippen LogP) is 2.23. The van der Waals surface area contributed by atoms with E-state index in [1.807, 2.05) is 27.7 Å². The van der Waals surface area contributed by atoms with E-state index in [9.17, 15) is 8.42 Å². The monoisotopic (exact) mass is 285 g/mol. The van der Waals surface area contributed by atoms with E-state index < -0.39 is 10.0 Å². The molecule has 108 valence electrons. The Morgan fingerprint density at radius 1 is 1.32 bits per heavy atom. The van der Waals surface area contributed by atoms with Crippen molar-refractivity contribution in [3.8, 4) is 0 Å². The molecule has 2 N–H and O–H groups in total. The van der Waals surface area contributed by atoms with Crippen LogP contribution in [0, 0.1) is 5.92 Å². The second-order valence-corrected chi connectivity index (χ2v) is 6.67. The van der Waals surface area contributed by atoms with Crippen LogP contribution in [0.2, 0.25) is 0 Å². The SMILES string of the molecule is CCCNc1cc(S(=O)(=O)NC(C)C(C)C)ccn1. The lowest BCUT2D eigenvalue weighted by Gasteiger charge is -2.17. The number of aromatic nitrogens is 1. The Balaban J connectivity index is 2.89.